The van der Waals surface area contributed by atoms with Gasteiger partial charge in [-0.25, -0.2) is 0 Å². The molecule has 2 N–H and O–H groups in total. The van der Waals surface area contributed by atoms with Gasteiger partial charge in [-0.2, -0.15) is 0 Å². The third-order valence-corrected chi connectivity index (χ3v) is 3.88. The molecule has 3 fully saturated rings. The second-order valence-electron chi connectivity index (χ2n) is 5.01. The first-order valence-corrected chi connectivity index (χ1v) is 5.84. The molecule has 0 aromatic heterocycles. The fourth-order valence-electron chi connectivity index (χ4n) is 2.84. The lowest BCUT2D eigenvalue weighted by atomic mass is 9.95. The summed E-state index contributed by atoms with van der Waals surface area (Å²) in [6.07, 6.45) is 3.96. The molecule has 3 rings (SSSR count). The smallest absolute Gasteiger partial charge is 0.307 e. The minimum absolute atomic E-state index is 0.103. The zero-order chi connectivity index (χ0) is 11.3. The van der Waals surface area contributed by atoms with Crippen LogP contribution in [0.25, 0.3) is 0 Å². The van der Waals surface area contributed by atoms with Crippen LogP contribution < -0.4 is 5.32 Å². The highest BCUT2D eigenvalue weighted by Gasteiger charge is 2.50. The van der Waals surface area contributed by atoms with Crippen molar-refractivity contribution in [3.8, 4) is 0 Å². The van der Waals surface area contributed by atoms with E-state index in [0.29, 0.717) is 12.5 Å². The minimum Gasteiger partial charge on any atom is -0.481 e. The molecule has 0 aromatic rings. The maximum Gasteiger partial charge on any atom is 0.307 e. The number of hydrogen-bond donors (Lipinski definition) is 2. The topological polar surface area (TPSA) is 75.6 Å². The minimum atomic E-state index is -0.857. The Labute approximate surface area is 93.2 Å². The first-order valence-electron chi connectivity index (χ1n) is 5.84. The molecule has 1 amide bonds. The average molecular weight is 225 g/mol. The summed E-state index contributed by atoms with van der Waals surface area (Å²) in [5.74, 6) is -1.73. The molecule has 5 nitrogen and oxygen atoms in total. The molecule has 16 heavy (non-hydrogen) atoms. The number of carboxylic acid groups (broad SMARTS) is 1. The van der Waals surface area contributed by atoms with Crippen LogP contribution in [0.1, 0.15) is 25.7 Å². The van der Waals surface area contributed by atoms with Gasteiger partial charge in [0.2, 0.25) is 5.91 Å². The van der Waals surface area contributed by atoms with E-state index in [0.717, 1.165) is 19.3 Å². The molecule has 0 spiro atoms. The van der Waals surface area contributed by atoms with E-state index < -0.39 is 11.9 Å². The Morgan fingerprint density at radius 1 is 1.19 bits per heavy atom. The molecule has 0 aromatic carbocycles. The van der Waals surface area contributed by atoms with E-state index in [-0.39, 0.29) is 24.0 Å². The molecule has 5 atom stereocenters. The summed E-state index contributed by atoms with van der Waals surface area (Å²) >= 11 is 0. The molecule has 1 saturated carbocycles. The SMILES string of the molecule is O=C(O)[C@H]1C[C@H]1C(=O)NC1CC2CCC1O2. The number of rotatable bonds is 3. The maximum absolute atomic E-state index is 11.7. The van der Waals surface area contributed by atoms with Crippen LogP contribution >= 0.6 is 0 Å². The van der Waals surface area contributed by atoms with Crippen LogP contribution in [0.4, 0.5) is 0 Å². The van der Waals surface area contributed by atoms with Gasteiger partial charge in [0.1, 0.15) is 0 Å². The average Bonchev–Trinajstić information content (AvgIpc) is 2.81. The summed E-state index contributed by atoms with van der Waals surface area (Å²) in [7, 11) is 0. The largest absolute Gasteiger partial charge is 0.481 e. The van der Waals surface area contributed by atoms with Gasteiger partial charge in [-0.3, -0.25) is 9.59 Å². The highest BCUT2D eigenvalue weighted by Crippen LogP contribution is 2.40. The van der Waals surface area contributed by atoms with Crippen molar-refractivity contribution >= 4 is 11.9 Å². The molecule has 2 heterocycles. The Morgan fingerprint density at radius 2 is 2.00 bits per heavy atom. The van der Waals surface area contributed by atoms with E-state index in [1.165, 1.54) is 0 Å². The van der Waals surface area contributed by atoms with Gasteiger partial charge in [0.25, 0.3) is 0 Å². The van der Waals surface area contributed by atoms with Gasteiger partial charge >= 0.3 is 5.97 Å². The Balaban J connectivity index is 1.53. The number of nitrogens with one attached hydrogen (secondary N) is 1. The summed E-state index contributed by atoms with van der Waals surface area (Å²) in [5, 5.41) is 11.7. The van der Waals surface area contributed by atoms with Crippen molar-refractivity contribution in [1.82, 2.24) is 5.32 Å². The molecular weight excluding hydrogens is 210 g/mol. The van der Waals surface area contributed by atoms with Crippen LogP contribution in [-0.4, -0.2) is 35.2 Å². The monoisotopic (exact) mass is 225 g/mol. The highest BCUT2D eigenvalue weighted by molar-refractivity contribution is 5.89. The molecular formula is C11H15NO4. The molecule has 3 unspecified atom stereocenters. The molecule has 1 aliphatic carbocycles. The third-order valence-electron chi connectivity index (χ3n) is 3.88. The summed E-state index contributed by atoms with van der Waals surface area (Å²) in [5.41, 5.74) is 0. The number of carboxylic acids is 1. The number of amides is 1. The van der Waals surface area contributed by atoms with Crippen LogP contribution in [-0.2, 0) is 14.3 Å². The lowest BCUT2D eigenvalue weighted by molar-refractivity contribution is -0.140. The number of carbonyl (C=O) groups excluding carboxylic acids is 1. The quantitative estimate of drug-likeness (QED) is 0.716. The Hall–Kier alpha value is -1.10. The predicted octanol–water partition coefficient (Wildman–Crippen LogP) is 0.143. The zero-order valence-corrected chi connectivity index (χ0v) is 8.89. The predicted molar refractivity (Wildman–Crippen MR) is 53.7 cm³/mol. The normalized spacial score (nSPS) is 44.4. The van der Waals surface area contributed by atoms with E-state index in [1.54, 1.807) is 0 Å². The highest BCUT2D eigenvalue weighted by atomic mass is 16.5. The molecule has 2 bridgehead atoms. The molecule has 2 aliphatic heterocycles. The van der Waals surface area contributed by atoms with E-state index in [4.69, 9.17) is 9.84 Å². The van der Waals surface area contributed by atoms with Crippen molar-refractivity contribution in [2.45, 2.75) is 43.9 Å². The van der Waals surface area contributed by atoms with E-state index in [2.05, 4.69) is 5.32 Å². The first-order chi connectivity index (χ1) is 7.65. The molecule has 3 aliphatic rings. The van der Waals surface area contributed by atoms with E-state index in [1.807, 2.05) is 0 Å². The fourth-order valence-corrected chi connectivity index (χ4v) is 2.84. The standard InChI is InChI=1S/C11H15NO4/c13-10(6-4-7(6)11(14)15)12-8-3-5-1-2-9(8)16-5/h5-9H,1-4H2,(H,12,13)(H,14,15)/t5?,6-,7+,8?,9?/m1/s1. The number of ether oxygens (including phenoxy) is 1. The number of fused-ring (bicyclic) bond motifs is 2. The van der Waals surface area contributed by atoms with E-state index in [9.17, 15) is 9.59 Å². The zero-order valence-electron chi connectivity index (χ0n) is 8.89. The second-order valence-corrected chi connectivity index (χ2v) is 5.01. The summed E-state index contributed by atoms with van der Waals surface area (Å²) in [6.45, 7) is 0. The van der Waals surface area contributed by atoms with Crippen molar-refractivity contribution in [2.75, 3.05) is 0 Å². The molecule has 5 heteroatoms. The van der Waals surface area contributed by atoms with Gasteiger partial charge in [-0.05, 0) is 25.7 Å². The lowest BCUT2D eigenvalue weighted by Gasteiger charge is -2.19. The van der Waals surface area contributed by atoms with Crippen molar-refractivity contribution in [3.63, 3.8) is 0 Å². The van der Waals surface area contributed by atoms with Crippen LogP contribution in [0, 0.1) is 11.8 Å². The van der Waals surface area contributed by atoms with Crippen molar-refractivity contribution in [1.29, 1.82) is 0 Å². The van der Waals surface area contributed by atoms with Gasteiger partial charge in [0, 0.05) is 0 Å². The third kappa shape index (κ3) is 1.59. The van der Waals surface area contributed by atoms with Crippen molar-refractivity contribution < 1.29 is 19.4 Å². The molecule has 2 saturated heterocycles. The van der Waals surface area contributed by atoms with Gasteiger partial charge in [0.05, 0.1) is 30.1 Å². The summed E-state index contributed by atoms with van der Waals surface area (Å²) in [6, 6.07) is 0.112. The van der Waals surface area contributed by atoms with Crippen LogP contribution in [0.5, 0.6) is 0 Å². The van der Waals surface area contributed by atoms with Gasteiger partial charge in [-0.15, -0.1) is 0 Å². The van der Waals surface area contributed by atoms with Crippen molar-refractivity contribution in [2.24, 2.45) is 11.8 Å². The summed E-state index contributed by atoms with van der Waals surface area (Å²) < 4.78 is 5.63. The van der Waals surface area contributed by atoms with Gasteiger partial charge in [0.15, 0.2) is 0 Å². The van der Waals surface area contributed by atoms with Crippen LogP contribution in [0.15, 0.2) is 0 Å². The number of carbonyl (C=O) groups is 2. The summed E-state index contributed by atoms with van der Waals surface area (Å²) in [4.78, 5) is 22.4. The van der Waals surface area contributed by atoms with Gasteiger partial charge < -0.3 is 15.2 Å². The Kier molecular flexibility index (Phi) is 2.17. The number of aliphatic carboxylic acids is 1. The van der Waals surface area contributed by atoms with E-state index >= 15 is 0 Å². The first kappa shape index (κ1) is 10.1. The molecule has 0 radical (unpaired) electrons. The second kappa shape index (κ2) is 3.45. The Morgan fingerprint density at radius 3 is 2.50 bits per heavy atom. The van der Waals surface area contributed by atoms with Crippen molar-refractivity contribution in [3.05, 3.63) is 0 Å². The Bertz CT molecular complexity index is 343. The van der Waals surface area contributed by atoms with Crippen LogP contribution in [0.3, 0.4) is 0 Å². The lowest BCUT2D eigenvalue weighted by Crippen LogP contribution is -2.42. The molecule has 88 valence electrons. The van der Waals surface area contributed by atoms with Gasteiger partial charge in [-0.1, -0.05) is 0 Å². The fraction of sp³-hybridized carbons (Fsp3) is 0.818. The maximum atomic E-state index is 11.7. The van der Waals surface area contributed by atoms with Crippen LogP contribution in [0.2, 0.25) is 0 Å². The number of hydrogen-bond acceptors (Lipinski definition) is 3.